The molecule has 5 heteroatoms. The fraction of sp³-hybridized carbons (Fsp3) is 0.889. The Morgan fingerprint density at radius 3 is 2.70 bits per heavy atom. The molecule has 0 radical (unpaired) electrons. The van der Waals surface area contributed by atoms with Gasteiger partial charge in [0, 0.05) is 0 Å². The molecule has 4 bridgehead atoms. The number of rotatable bonds is 4. The molecule has 130 valence electrons. The summed E-state index contributed by atoms with van der Waals surface area (Å²) in [6.07, 6.45) is 3.51. The number of carbonyl (C=O) groups excluding carboxylic acids is 2. The molecule has 4 fully saturated rings. The van der Waals surface area contributed by atoms with Crippen molar-refractivity contribution in [2.24, 2.45) is 29.1 Å². The normalized spacial score (nSPS) is 37.2. The average Bonchev–Trinajstić information content (AvgIpc) is 2.62. The number of esters is 2. The molecule has 0 amide bonds. The van der Waals surface area contributed by atoms with Crippen LogP contribution in [-0.2, 0) is 23.8 Å². The number of carbonyl (C=O) groups is 2. The van der Waals surface area contributed by atoms with E-state index in [4.69, 9.17) is 14.2 Å². The molecule has 4 aliphatic rings. The topological polar surface area (TPSA) is 61.8 Å². The van der Waals surface area contributed by atoms with Gasteiger partial charge >= 0.3 is 11.9 Å². The zero-order chi connectivity index (χ0) is 16.8. The van der Waals surface area contributed by atoms with Crippen molar-refractivity contribution in [3.63, 3.8) is 0 Å². The Kier molecular flexibility index (Phi) is 4.43. The van der Waals surface area contributed by atoms with Gasteiger partial charge in [0.2, 0.25) is 0 Å². The van der Waals surface area contributed by atoms with E-state index in [2.05, 4.69) is 0 Å². The maximum atomic E-state index is 12.1. The molecule has 2 saturated carbocycles. The summed E-state index contributed by atoms with van der Waals surface area (Å²) in [7, 11) is 0. The van der Waals surface area contributed by atoms with Gasteiger partial charge in [-0.05, 0) is 42.9 Å². The third-order valence-electron chi connectivity index (χ3n) is 5.95. The summed E-state index contributed by atoms with van der Waals surface area (Å²) in [5.74, 6) is 0.481. The van der Waals surface area contributed by atoms with Crippen molar-refractivity contribution in [2.45, 2.75) is 65.6 Å². The highest BCUT2D eigenvalue weighted by Gasteiger charge is 2.50. The highest BCUT2D eigenvalue weighted by Crippen LogP contribution is 2.48. The van der Waals surface area contributed by atoms with E-state index < -0.39 is 0 Å². The molecular weight excluding hydrogens is 296 g/mol. The molecule has 2 saturated heterocycles. The Morgan fingerprint density at radius 2 is 2.00 bits per heavy atom. The van der Waals surface area contributed by atoms with Gasteiger partial charge in [0.1, 0.15) is 12.2 Å². The van der Waals surface area contributed by atoms with Crippen LogP contribution in [0.5, 0.6) is 0 Å². The summed E-state index contributed by atoms with van der Waals surface area (Å²) in [6.45, 7) is 7.87. The predicted octanol–water partition coefficient (Wildman–Crippen LogP) is 2.92. The lowest BCUT2D eigenvalue weighted by molar-refractivity contribution is -0.189. The Labute approximate surface area is 138 Å². The Balaban J connectivity index is 1.55. The van der Waals surface area contributed by atoms with Crippen LogP contribution in [0.4, 0.5) is 0 Å². The highest BCUT2D eigenvalue weighted by atomic mass is 16.7. The second kappa shape index (κ2) is 6.08. The minimum atomic E-state index is -0.240. The van der Waals surface area contributed by atoms with Gasteiger partial charge in [-0.15, -0.1) is 0 Å². The molecule has 0 aromatic carbocycles. The van der Waals surface area contributed by atoms with Crippen molar-refractivity contribution in [1.82, 2.24) is 0 Å². The van der Waals surface area contributed by atoms with Crippen LogP contribution < -0.4 is 0 Å². The largest absolute Gasteiger partial charge is 0.459 e. The van der Waals surface area contributed by atoms with E-state index in [1.165, 1.54) is 0 Å². The fourth-order valence-corrected chi connectivity index (χ4v) is 4.16. The number of hydrogen-bond donors (Lipinski definition) is 0. The van der Waals surface area contributed by atoms with Crippen LogP contribution in [0.3, 0.4) is 0 Å². The standard InChI is InChI=1S/C18H28O5/c1-10(18(2,3)4)16(19)22-9-21-15-12-5-11-6-13(8-12)17(20)23-14(15)7-11/h10-15H,5-9H2,1-4H3. The summed E-state index contributed by atoms with van der Waals surface area (Å²) in [4.78, 5) is 24.1. The van der Waals surface area contributed by atoms with Crippen molar-refractivity contribution >= 4 is 11.9 Å². The molecule has 2 aliphatic carbocycles. The number of hydrogen-bond acceptors (Lipinski definition) is 5. The predicted molar refractivity (Wildman–Crippen MR) is 83.3 cm³/mol. The molecule has 6 atom stereocenters. The second-order valence-corrected chi connectivity index (χ2v) is 8.54. The minimum absolute atomic E-state index is 0.0424. The van der Waals surface area contributed by atoms with E-state index in [0.29, 0.717) is 11.8 Å². The monoisotopic (exact) mass is 324 g/mol. The van der Waals surface area contributed by atoms with Crippen LogP contribution in [-0.4, -0.2) is 30.9 Å². The molecule has 6 unspecified atom stereocenters. The van der Waals surface area contributed by atoms with Crippen molar-refractivity contribution in [3.05, 3.63) is 0 Å². The van der Waals surface area contributed by atoms with E-state index in [9.17, 15) is 9.59 Å². The van der Waals surface area contributed by atoms with E-state index in [1.807, 2.05) is 27.7 Å². The van der Waals surface area contributed by atoms with Gasteiger partial charge in [-0.2, -0.15) is 0 Å². The van der Waals surface area contributed by atoms with Crippen molar-refractivity contribution in [3.8, 4) is 0 Å². The zero-order valence-electron chi connectivity index (χ0n) is 14.5. The Hall–Kier alpha value is -1.10. The van der Waals surface area contributed by atoms with E-state index in [1.54, 1.807) is 0 Å². The quantitative estimate of drug-likeness (QED) is 0.588. The van der Waals surface area contributed by atoms with Crippen LogP contribution in [0.1, 0.15) is 53.4 Å². The lowest BCUT2D eigenvalue weighted by atomic mass is 9.67. The van der Waals surface area contributed by atoms with Crippen LogP contribution in [0.25, 0.3) is 0 Å². The highest BCUT2D eigenvalue weighted by molar-refractivity contribution is 5.73. The summed E-state index contributed by atoms with van der Waals surface area (Å²) in [5.41, 5.74) is -0.132. The van der Waals surface area contributed by atoms with Crippen molar-refractivity contribution < 1.29 is 23.8 Å². The summed E-state index contributed by atoms with van der Waals surface area (Å²) in [6, 6.07) is 0. The van der Waals surface area contributed by atoms with E-state index in [-0.39, 0.29) is 48.2 Å². The second-order valence-electron chi connectivity index (χ2n) is 8.54. The maximum Gasteiger partial charge on any atom is 0.311 e. The minimum Gasteiger partial charge on any atom is -0.459 e. The van der Waals surface area contributed by atoms with Gasteiger partial charge in [-0.3, -0.25) is 9.59 Å². The Bertz CT molecular complexity index is 480. The first-order valence-corrected chi connectivity index (χ1v) is 8.74. The van der Waals surface area contributed by atoms with Gasteiger partial charge in [-0.25, -0.2) is 0 Å². The average molecular weight is 324 g/mol. The van der Waals surface area contributed by atoms with Crippen LogP contribution in [0.15, 0.2) is 0 Å². The van der Waals surface area contributed by atoms with Gasteiger partial charge in [0.05, 0.1) is 11.8 Å². The fourth-order valence-electron chi connectivity index (χ4n) is 4.16. The van der Waals surface area contributed by atoms with Gasteiger partial charge in [0.15, 0.2) is 6.79 Å². The smallest absolute Gasteiger partial charge is 0.311 e. The van der Waals surface area contributed by atoms with E-state index in [0.717, 1.165) is 25.7 Å². The van der Waals surface area contributed by atoms with E-state index >= 15 is 0 Å². The molecule has 0 aromatic rings. The van der Waals surface area contributed by atoms with Gasteiger partial charge in [-0.1, -0.05) is 27.7 Å². The van der Waals surface area contributed by atoms with Gasteiger partial charge < -0.3 is 14.2 Å². The summed E-state index contributed by atoms with van der Waals surface area (Å²) in [5, 5.41) is 0. The van der Waals surface area contributed by atoms with Crippen LogP contribution >= 0.6 is 0 Å². The van der Waals surface area contributed by atoms with Crippen molar-refractivity contribution in [2.75, 3.05) is 6.79 Å². The third-order valence-corrected chi connectivity index (χ3v) is 5.95. The molecule has 4 rings (SSSR count). The van der Waals surface area contributed by atoms with Crippen LogP contribution in [0, 0.1) is 29.1 Å². The molecular formula is C18H28O5. The maximum absolute atomic E-state index is 12.1. The molecule has 2 aliphatic heterocycles. The number of ether oxygens (including phenoxy) is 3. The first-order chi connectivity index (χ1) is 10.8. The molecule has 23 heavy (non-hydrogen) atoms. The summed E-state index contributed by atoms with van der Waals surface area (Å²) < 4.78 is 16.8. The molecule has 2 heterocycles. The molecule has 0 spiro atoms. The van der Waals surface area contributed by atoms with Gasteiger partial charge in [0.25, 0.3) is 0 Å². The lowest BCUT2D eigenvalue weighted by Gasteiger charge is -2.41. The molecule has 0 N–H and O–H groups in total. The SMILES string of the molecule is CC(C(=O)OCOC1C2CC3CC(C2)C(=O)OC1C3)C(C)(C)C. The molecule has 5 nitrogen and oxygen atoms in total. The first kappa shape index (κ1) is 16.7. The Morgan fingerprint density at radius 1 is 1.26 bits per heavy atom. The lowest BCUT2D eigenvalue weighted by Crippen LogP contribution is -2.44. The van der Waals surface area contributed by atoms with Crippen LogP contribution in [0.2, 0.25) is 0 Å². The summed E-state index contributed by atoms with van der Waals surface area (Å²) >= 11 is 0. The molecule has 0 aromatic heterocycles. The number of fused-ring (bicyclic) bond motifs is 1. The zero-order valence-corrected chi connectivity index (χ0v) is 14.5. The van der Waals surface area contributed by atoms with Crippen molar-refractivity contribution in [1.29, 1.82) is 0 Å². The third kappa shape index (κ3) is 3.39. The first-order valence-electron chi connectivity index (χ1n) is 8.74.